The van der Waals surface area contributed by atoms with Crippen LogP contribution in [0, 0.1) is 0 Å². The summed E-state index contributed by atoms with van der Waals surface area (Å²) in [5, 5.41) is 10.9. The molecule has 1 aliphatic heterocycles. The second-order valence-corrected chi connectivity index (χ2v) is 4.10. The molecule has 104 valence electrons. The minimum atomic E-state index is -4.68. The highest BCUT2D eigenvalue weighted by Gasteiger charge is 2.37. The number of alkyl halides is 3. The molecule has 1 aliphatic rings. The van der Waals surface area contributed by atoms with E-state index in [1.54, 1.807) is 6.07 Å². The van der Waals surface area contributed by atoms with Crippen LogP contribution in [0.3, 0.4) is 0 Å². The van der Waals surface area contributed by atoms with Gasteiger partial charge in [-0.1, -0.05) is 17.3 Å². The Balaban J connectivity index is 2.28. The van der Waals surface area contributed by atoms with Crippen LogP contribution < -0.4 is 4.90 Å². The molecular formula is C12H13F3N2O2. The molecule has 0 amide bonds. The van der Waals surface area contributed by atoms with E-state index in [4.69, 9.17) is 9.94 Å². The molecular weight excluding hydrogens is 261 g/mol. The smallest absolute Gasteiger partial charge is 0.410 e. The number of hydrogen-bond donors (Lipinski definition) is 1. The molecule has 19 heavy (non-hydrogen) atoms. The molecule has 1 fully saturated rings. The van der Waals surface area contributed by atoms with E-state index in [1.165, 1.54) is 18.2 Å². The van der Waals surface area contributed by atoms with E-state index in [2.05, 4.69) is 5.16 Å². The van der Waals surface area contributed by atoms with Gasteiger partial charge in [0.2, 0.25) is 0 Å². The summed E-state index contributed by atoms with van der Waals surface area (Å²) in [6, 6.07) is 5.87. The van der Waals surface area contributed by atoms with Crippen LogP contribution >= 0.6 is 0 Å². The molecule has 0 spiro atoms. The van der Waals surface area contributed by atoms with Crippen molar-refractivity contribution in [3.63, 3.8) is 0 Å². The third-order valence-electron chi connectivity index (χ3n) is 2.86. The third kappa shape index (κ3) is 3.17. The van der Waals surface area contributed by atoms with Crippen LogP contribution in [-0.2, 0) is 4.74 Å². The maximum absolute atomic E-state index is 12.7. The van der Waals surface area contributed by atoms with Crippen molar-refractivity contribution in [1.82, 2.24) is 0 Å². The maximum atomic E-state index is 12.7. The molecule has 0 bridgehead atoms. The molecule has 0 saturated carbocycles. The third-order valence-corrected chi connectivity index (χ3v) is 2.86. The Labute approximate surface area is 108 Å². The number of nitrogens with zero attached hydrogens (tertiary/aromatic N) is 2. The normalized spacial score (nSPS) is 17.6. The number of benzene rings is 1. The summed E-state index contributed by atoms with van der Waals surface area (Å²) >= 11 is 0. The molecule has 1 aromatic carbocycles. The largest absolute Gasteiger partial charge is 0.437 e. The van der Waals surface area contributed by atoms with Crippen molar-refractivity contribution in [1.29, 1.82) is 0 Å². The monoisotopic (exact) mass is 274 g/mol. The van der Waals surface area contributed by atoms with E-state index >= 15 is 0 Å². The van der Waals surface area contributed by atoms with Gasteiger partial charge in [0.25, 0.3) is 0 Å². The molecule has 0 radical (unpaired) electrons. The van der Waals surface area contributed by atoms with Crippen LogP contribution in [-0.4, -0.2) is 43.4 Å². The number of morpholine rings is 1. The highest BCUT2D eigenvalue weighted by atomic mass is 19.4. The summed E-state index contributed by atoms with van der Waals surface area (Å²) in [4.78, 5) is 1.93. The fourth-order valence-electron chi connectivity index (χ4n) is 1.95. The first-order chi connectivity index (χ1) is 9.02. The SMILES string of the molecule is O/N=C(/c1cccc(N2CCOCC2)c1)C(F)(F)F. The van der Waals surface area contributed by atoms with E-state index in [-0.39, 0.29) is 5.56 Å². The number of oxime groups is 1. The Hall–Kier alpha value is -1.76. The van der Waals surface area contributed by atoms with Crippen molar-refractivity contribution in [2.45, 2.75) is 6.18 Å². The Morgan fingerprint density at radius 1 is 1.26 bits per heavy atom. The molecule has 0 aromatic heterocycles. The predicted molar refractivity (Wildman–Crippen MR) is 63.9 cm³/mol. The average molecular weight is 274 g/mol. The number of rotatable bonds is 2. The second kappa shape index (κ2) is 5.48. The Morgan fingerprint density at radius 2 is 1.95 bits per heavy atom. The summed E-state index contributed by atoms with van der Waals surface area (Å²) < 4.78 is 43.2. The van der Waals surface area contributed by atoms with Crippen molar-refractivity contribution in [3.8, 4) is 0 Å². The van der Waals surface area contributed by atoms with Crippen LogP contribution in [0.5, 0.6) is 0 Å². The lowest BCUT2D eigenvalue weighted by Crippen LogP contribution is -2.36. The molecule has 0 atom stereocenters. The zero-order valence-electron chi connectivity index (χ0n) is 10.0. The number of halogens is 3. The lowest BCUT2D eigenvalue weighted by atomic mass is 10.1. The summed E-state index contributed by atoms with van der Waals surface area (Å²) in [5.74, 6) is 0. The summed E-state index contributed by atoms with van der Waals surface area (Å²) in [6.07, 6.45) is -4.68. The molecule has 2 rings (SSSR count). The summed E-state index contributed by atoms with van der Waals surface area (Å²) in [5.41, 5.74) is -0.784. The fourth-order valence-corrected chi connectivity index (χ4v) is 1.95. The first kappa shape index (κ1) is 13.7. The Bertz CT molecular complexity index is 468. The molecule has 1 N–H and O–H groups in total. The van der Waals surface area contributed by atoms with Crippen LogP contribution in [0.2, 0.25) is 0 Å². The molecule has 1 saturated heterocycles. The van der Waals surface area contributed by atoms with E-state index in [0.29, 0.717) is 32.0 Å². The van der Waals surface area contributed by atoms with Gasteiger partial charge in [0, 0.05) is 24.3 Å². The van der Waals surface area contributed by atoms with E-state index in [1.807, 2.05) is 4.90 Å². The summed E-state index contributed by atoms with van der Waals surface area (Å²) in [6.45, 7) is 2.34. The lowest BCUT2D eigenvalue weighted by molar-refractivity contribution is -0.0601. The quantitative estimate of drug-likeness (QED) is 0.511. The van der Waals surface area contributed by atoms with E-state index < -0.39 is 11.9 Å². The van der Waals surface area contributed by atoms with Gasteiger partial charge in [0.05, 0.1) is 13.2 Å². The molecule has 1 aromatic rings. The van der Waals surface area contributed by atoms with E-state index in [9.17, 15) is 13.2 Å². The number of hydrogen-bond acceptors (Lipinski definition) is 4. The highest BCUT2D eigenvalue weighted by molar-refractivity contribution is 6.04. The Morgan fingerprint density at radius 3 is 2.53 bits per heavy atom. The van der Waals surface area contributed by atoms with Gasteiger partial charge in [0.1, 0.15) is 0 Å². The van der Waals surface area contributed by atoms with Crippen molar-refractivity contribution in [2.75, 3.05) is 31.2 Å². The predicted octanol–water partition coefficient (Wildman–Crippen LogP) is 2.26. The van der Waals surface area contributed by atoms with Gasteiger partial charge in [-0.05, 0) is 12.1 Å². The van der Waals surface area contributed by atoms with Crippen molar-refractivity contribution < 1.29 is 23.1 Å². The van der Waals surface area contributed by atoms with Gasteiger partial charge in [-0.25, -0.2) is 0 Å². The molecule has 4 nitrogen and oxygen atoms in total. The average Bonchev–Trinajstić information content (AvgIpc) is 2.39. The minimum Gasteiger partial charge on any atom is -0.410 e. The van der Waals surface area contributed by atoms with Crippen molar-refractivity contribution >= 4 is 11.4 Å². The van der Waals surface area contributed by atoms with Crippen molar-refractivity contribution in [2.24, 2.45) is 5.16 Å². The first-order valence-corrected chi connectivity index (χ1v) is 5.75. The van der Waals surface area contributed by atoms with Crippen LogP contribution in [0.15, 0.2) is 29.4 Å². The lowest BCUT2D eigenvalue weighted by Gasteiger charge is -2.29. The number of anilines is 1. The molecule has 7 heteroatoms. The Kier molecular flexibility index (Phi) is 3.94. The van der Waals surface area contributed by atoms with Gasteiger partial charge in [-0.15, -0.1) is 0 Å². The van der Waals surface area contributed by atoms with Crippen molar-refractivity contribution in [3.05, 3.63) is 29.8 Å². The fraction of sp³-hybridized carbons (Fsp3) is 0.417. The topological polar surface area (TPSA) is 45.1 Å². The van der Waals surface area contributed by atoms with Gasteiger partial charge < -0.3 is 14.8 Å². The van der Waals surface area contributed by atoms with Gasteiger partial charge in [-0.2, -0.15) is 13.2 Å². The standard InChI is InChI=1S/C12H13F3N2O2/c13-12(14,15)11(16-18)9-2-1-3-10(8-9)17-4-6-19-7-5-17/h1-3,8,18H,4-7H2/b16-11-. The summed E-state index contributed by atoms with van der Waals surface area (Å²) in [7, 11) is 0. The minimum absolute atomic E-state index is 0.154. The van der Waals surface area contributed by atoms with Gasteiger partial charge in [0.15, 0.2) is 5.71 Å². The van der Waals surface area contributed by atoms with Gasteiger partial charge in [-0.3, -0.25) is 0 Å². The highest BCUT2D eigenvalue weighted by Crippen LogP contribution is 2.25. The van der Waals surface area contributed by atoms with Crippen LogP contribution in [0.25, 0.3) is 0 Å². The van der Waals surface area contributed by atoms with Gasteiger partial charge >= 0.3 is 6.18 Å². The second-order valence-electron chi connectivity index (χ2n) is 4.10. The zero-order valence-corrected chi connectivity index (χ0v) is 10.0. The first-order valence-electron chi connectivity index (χ1n) is 5.75. The van der Waals surface area contributed by atoms with Crippen LogP contribution in [0.4, 0.5) is 18.9 Å². The molecule has 0 unspecified atom stereocenters. The molecule has 0 aliphatic carbocycles. The van der Waals surface area contributed by atoms with Crippen LogP contribution in [0.1, 0.15) is 5.56 Å². The van der Waals surface area contributed by atoms with E-state index in [0.717, 1.165) is 0 Å². The maximum Gasteiger partial charge on any atom is 0.437 e. The zero-order chi connectivity index (χ0) is 13.9. The molecule has 1 heterocycles. The number of ether oxygens (including phenoxy) is 1.